The monoisotopic (exact) mass is 228 g/mol. The first-order valence-corrected chi connectivity index (χ1v) is 5.28. The van der Waals surface area contributed by atoms with E-state index in [9.17, 15) is 5.11 Å². The summed E-state index contributed by atoms with van der Waals surface area (Å²) in [7, 11) is 0. The van der Waals surface area contributed by atoms with Crippen LogP contribution in [0.25, 0.3) is 5.69 Å². The van der Waals surface area contributed by atoms with E-state index in [-0.39, 0.29) is 11.7 Å². The number of rotatable bonds is 2. The molecule has 0 saturated heterocycles. The van der Waals surface area contributed by atoms with E-state index in [1.54, 1.807) is 28.9 Å². The lowest BCUT2D eigenvalue weighted by atomic mass is 10.1. The molecule has 0 atom stereocenters. The maximum absolute atomic E-state index is 9.24. The highest BCUT2D eigenvalue weighted by Gasteiger charge is 2.16. The van der Waals surface area contributed by atoms with Gasteiger partial charge in [0.2, 0.25) is 0 Å². The zero-order valence-electron chi connectivity index (χ0n) is 9.62. The fraction of sp³-hybridized carbons (Fsp3) is 0.250. The summed E-state index contributed by atoms with van der Waals surface area (Å²) in [5.41, 5.74) is 1.90. The molecule has 1 N–H and O–H groups in total. The van der Waals surface area contributed by atoms with Crippen molar-refractivity contribution >= 4 is 0 Å². The molecule has 0 fully saturated rings. The Morgan fingerprint density at radius 2 is 1.94 bits per heavy atom. The molecule has 0 radical (unpaired) electrons. The van der Waals surface area contributed by atoms with Crippen molar-refractivity contribution in [2.24, 2.45) is 0 Å². The number of nitrogens with zero attached hydrogens (tertiary/aromatic N) is 4. The largest absolute Gasteiger partial charge is 0.508 e. The lowest BCUT2D eigenvalue weighted by Crippen LogP contribution is -2.04. The number of phenols is 1. The predicted octanol–water partition coefficient (Wildman–Crippen LogP) is 1.97. The van der Waals surface area contributed by atoms with Crippen LogP contribution >= 0.6 is 0 Å². The standard InChI is InChI=1S/C12H12N4O/c1-8(2)12-11(7-13)14-15-16(12)9-3-5-10(17)6-4-9/h3-6,8,17H,1-2H3. The van der Waals surface area contributed by atoms with Crippen molar-refractivity contribution in [2.45, 2.75) is 19.8 Å². The summed E-state index contributed by atoms with van der Waals surface area (Å²) in [5.74, 6) is 0.342. The van der Waals surface area contributed by atoms with Crippen LogP contribution in [0.1, 0.15) is 31.2 Å². The van der Waals surface area contributed by atoms with Gasteiger partial charge in [0, 0.05) is 0 Å². The van der Waals surface area contributed by atoms with E-state index in [2.05, 4.69) is 10.3 Å². The van der Waals surface area contributed by atoms with Crippen molar-refractivity contribution < 1.29 is 5.11 Å². The third-order valence-corrected chi connectivity index (χ3v) is 2.45. The van der Waals surface area contributed by atoms with Gasteiger partial charge in [-0.25, -0.2) is 4.68 Å². The summed E-state index contributed by atoms with van der Waals surface area (Å²) in [6.45, 7) is 3.97. The number of hydrogen-bond donors (Lipinski definition) is 1. The molecule has 0 aliphatic heterocycles. The molecular formula is C12H12N4O. The zero-order chi connectivity index (χ0) is 12.4. The fourth-order valence-electron chi connectivity index (χ4n) is 1.67. The normalized spacial score (nSPS) is 10.5. The van der Waals surface area contributed by atoms with Gasteiger partial charge >= 0.3 is 0 Å². The SMILES string of the molecule is CC(C)c1c(C#N)nnn1-c1ccc(O)cc1. The van der Waals surface area contributed by atoms with Gasteiger partial charge in [0.05, 0.1) is 11.4 Å². The van der Waals surface area contributed by atoms with Crippen molar-refractivity contribution in [3.8, 4) is 17.5 Å². The van der Waals surface area contributed by atoms with Gasteiger partial charge in [0.1, 0.15) is 11.8 Å². The highest BCUT2D eigenvalue weighted by atomic mass is 16.3. The van der Waals surface area contributed by atoms with Crippen LogP contribution in [0.5, 0.6) is 5.75 Å². The average Bonchev–Trinajstić information content (AvgIpc) is 2.73. The van der Waals surface area contributed by atoms with Crippen LogP contribution in [0.3, 0.4) is 0 Å². The number of nitriles is 1. The molecule has 5 nitrogen and oxygen atoms in total. The zero-order valence-corrected chi connectivity index (χ0v) is 9.62. The molecule has 2 aromatic rings. The third kappa shape index (κ3) is 1.97. The number of aromatic nitrogens is 3. The Morgan fingerprint density at radius 1 is 1.29 bits per heavy atom. The smallest absolute Gasteiger partial charge is 0.186 e. The maximum atomic E-state index is 9.24. The first kappa shape index (κ1) is 11.1. The van der Waals surface area contributed by atoms with Crippen molar-refractivity contribution in [3.63, 3.8) is 0 Å². The van der Waals surface area contributed by atoms with Crippen molar-refractivity contribution in [1.82, 2.24) is 15.0 Å². The summed E-state index contributed by atoms with van der Waals surface area (Å²) in [6.07, 6.45) is 0. The Morgan fingerprint density at radius 3 is 2.47 bits per heavy atom. The fourth-order valence-corrected chi connectivity index (χ4v) is 1.67. The Bertz CT molecular complexity index is 563. The summed E-state index contributed by atoms with van der Waals surface area (Å²) in [5, 5.41) is 26.0. The van der Waals surface area contributed by atoms with E-state index < -0.39 is 0 Å². The molecule has 0 aliphatic carbocycles. The first-order chi connectivity index (χ1) is 8.13. The van der Waals surface area contributed by atoms with Crippen LogP contribution in [0.15, 0.2) is 24.3 Å². The first-order valence-electron chi connectivity index (χ1n) is 5.28. The molecule has 1 heterocycles. The minimum Gasteiger partial charge on any atom is -0.508 e. The highest BCUT2D eigenvalue weighted by Crippen LogP contribution is 2.21. The topological polar surface area (TPSA) is 74.7 Å². The lowest BCUT2D eigenvalue weighted by Gasteiger charge is -2.08. The Balaban J connectivity index is 2.56. The predicted molar refractivity (Wildman–Crippen MR) is 61.8 cm³/mol. The molecule has 2 rings (SSSR count). The van der Waals surface area contributed by atoms with Crippen LogP contribution in [-0.4, -0.2) is 20.1 Å². The molecule has 86 valence electrons. The molecule has 0 amide bonds. The van der Waals surface area contributed by atoms with Gasteiger partial charge in [0.25, 0.3) is 0 Å². The Labute approximate surface area is 98.9 Å². The van der Waals surface area contributed by atoms with Crippen LogP contribution < -0.4 is 0 Å². The number of benzene rings is 1. The summed E-state index contributed by atoms with van der Waals surface area (Å²) in [6, 6.07) is 8.65. The van der Waals surface area contributed by atoms with E-state index >= 15 is 0 Å². The second-order valence-electron chi connectivity index (χ2n) is 4.02. The van der Waals surface area contributed by atoms with Crippen LogP contribution in [0, 0.1) is 11.3 Å². The van der Waals surface area contributed by atoms with Gasteiger partial charge in [-0.3, -0.25) is 0 Å². The number of phenolic OH excluding ortho intramolecular Hbond substituents is 1. The van der Waals surface area contributed by atoms with Gasteiger partial charge in [-0.15, -0.1) is 5.10 Å². The molecule has 0 saturated carbocycles. The van der Waals surface area contributed by atoms with Crippen LogP contribution in [-0.2, 0) is 0 Å². The third-order valence-electron chi connectivity index (χ3n) is 2.45. The van der Waals surface area contributed by atoms with E-state index in [1.807, 2.05) is 19.9 Å². The molecule has 1 aromatic heterocycles. The Kier molecular flexibility index (Phi) is 2.79. The van der Waals surface area contributed by atoms with E-state index in [0.717, 1.165) is 11.4 Å². The van der Waals surface area contributed by atoms with Gasteiger partial charge in [-0.1, -0.05) is 19.1 Å². The summed E-state index contributed by atoms with van der Waals surface area (Å²) < 4.78 is 1.63. The van der Waals surface area contributed by atoms with Gasteiger partial charge in [-0.2, -0.15) is 5.26 Å². The highest BCUT2D eigenvalue weighted by molar-refractivity contribution is 5.40. The lowest BCUT2D eigenvalue weighted by molar-refractivity contribution is 0.475. The Hall–Kier alpha value is -2.35. The average molecular weight is 228 g/mol. The van der Waals surface area contributed by atoms with E-state index in [0.29, 0.717) is 5.69 Å². The van der Waals surface area contributed by atoms with Crippen LogP contribution in [0.4, 0.5) is 0 Å². The van der Waals surface area contributed by atoms with E-state index in [4.69, 9.17) is 5.26 Å². The number of aromatic hydroxyl groups is 1. The molecule has 0 unspecified atom stereocenters. The molecule has 1 aromatic carbocycles. The van der Waals surface area contributed by atoms with Crippen molar-refractivity contribution in [1.29, 1.82) is 5.26 Å². The van der Waals surface area contributed by atoms with Gasteiger partial charge < -0.3 is 5.11 Å². The van der Waals surface area contributed by atoms with Crippen LogP contribution in [0.2, 0.25) is 0 Å². The molecule has 0 bridgehead atoms. The molecule has 17 heavy (non-hydrogen) atoms. The minimum atomic E-state index is 0.147. The molecular weight excluding hydrogens is 216 g/mol. The van der Waals surface area contributed by atoms with Gasteiger partial charge in [0.15, 0.2) is 5.69 Å². The molecule has 0 aliphatic rings. The van der Waals surface area contributed by atoms with E-state index in [1.165, 1.54) is 0 Å². The quantitative estimate of drug-likeness (QED) is 0.852. The van der Waals surface area contributed by atoms with Gasteiger partial charge in [-0.05, 0) is 30.2 Å². The minimum absolute atomic E-state index is 0.147. The number of hydrogen-bond acceptors (Lipinski definition) is 4. The van der Waals surface area contributed by atoms with Crippen molar-refractivity contribution in [2.75, 3.05) is 0 Å². The second-order valence-corrected chi connectivity index (χ2v) is 4.02. The van der Waals surface area contributed by atoms with Crippen molar-refractivity contribution in [3.05, 3.63) is 35.7 Å². The summed E-state index contributed by atoms with van der Waals surface area (Å²) >= 11 is 0. The molecule has 5 heteroatoms. The molecule has 0 spiro atoms. The maximum Gasteiger partial charge on any atom is 0.186 e. The second kappa shape index (κ2) is 4.26. The summed E-state index contributed by atoms with van der Waals surface area (Å²) in [4.78, 5) is 0.